The fraction of sp³-hybridized carbons (Fsp3) is 0.455. The zero-order valence-corrected chi connectivity index (χ0v) is 20.3. The summed E-state index contributed by atoms with van der Waals surface area (Å²) in [5, 5.41) is 17.2. The first kappa shape index (κ1) is 23.5. The number of nitrogens with zero attached hydrogens (tertiary/aromatic N) is 3. The smallest absolute Gasteiger partial charge is 0.337 e. The molecule has 33 heavy (non-hydrogen) atoms. The van der Waals surface area contributed by atoms with E-state index in [-0.39, 0.29) is 35.4 Å². The van der Waals surface area contributed by atoms with Gasteiger partial charge in [0.15, 0.2) is 16.1 Å². The Morgan fingerprint density at radius 1 is 1.33 bits per heavy atom. The molecule has 1 amide bonds. The number of aromatic amines is 1. The Morgan fingerprint density at radius 3 is 2.79 bits per heavy atom. The van der Waals surface area contributed by atoms with Crippen LogP contribution in [0.2, 0.25) is 5.15 Å². The van der Waals surface area contributed by atoms with Crippen LogP contribution in [0.4, 0.5) is 5.13 Å². The normalized spacial score (nSPS) is 18.8. The minimum Gasteiger partial charge on any atom is -0.478 e. The van der Waals surface area contributed by atoms with Gasteiger partial charge in [-0.05, 0) is 25.0 Å². The number of halogens is 1. The Hall–Kier alpha value is -2.69. The van der Waals surface area contributed by atoms with Gasteiger partial charge in [0, 0.05) is 31.2 Å². The van der Waals surface area contributed by atoms with E-state index in [9.17, 15) is 14.7 Å². The van der Waals surface area contributed by atoms with Gasteiger partial charge in [-0.15, -0.1) is 0 Å². The van der Waals surface area contributed by atoms with E-state index in [1.807, 2.05) is 13.0 Å². The highest BCUT2D eigenvalue weighted by atomic mass is 35.5. The number of hydrogen-bond acceptors (Lipinski definition) is 7. The molecule has 0 spiro atoms. The number of nitrogens with one attached hydrogen (secondary N) is 3. The van der Waals surface area contributed by atoms with Crippen molar-refractivity contribution in [2.45, 2.75) is 51.7 Å². The molecule has 1 fully saturated rings. The summed E-state index contributed by atoms with van der Waals surface area (Å²) in [4.78, 5) is 38.4. The van der Waals surface area contributed by atoms with E-state index < -0.39 is 5.97 Å². The number of carboxylic acid groups (broad SMARTS) is 1. The summed E-state index contributed by atoms with van der Waals surface area (Å²) in [5.74, 6) is -1.02. The van der Waals surface area contributed by atoms with Gasteiger partial charge in [0.2, 0.25) is 0 Å². The molecule has 3 aromatic rings. The fourth-order valence-electron chi connectivity index (χ4n) is 4.10. The van der Waals surface area contributed by atoms with Crippen molar-refractivity contribution in [3.05, 3.63) is 40.4 Å². The van der Waals surface area contributed by atoms with Gasteiger partial charge < -0.3 is 25.6 Å². The number of benzene rings is 1. The molecule has 9 nitrogen and oxygen atoms in total. The van der Waals surface area contributed by atoms with Crippen LogP contribution in [0.5, 0.6) is 0 Å². The van der Waals surface area contributed by atoms with Crippen LogP contribution >= 0.6 is 22.9 Å². The van der Waals surface area contributed by atoms with Crippen molar-refractivity contribution in [2.75, 3.05) is 18.0 Å². The maximum absolute atomic E-state index is 12.8. The number of aromatic carboxylic acids is 1. The summed E-state index contributed by atoms with van der Waals surface area (Å²) in [6.07, 6.45) is 1.37. The lowest BCUT2D eigenvalue weighted by Crippen LogP contribution is -2.60. The third-order valence-electron chi connectivity index (χ3n) is 5.68. The van der Waals surface area contributed by atoms with Gasteiger partial charge in [-0.1, -0.05) is 49.8 Å². The highest BCUT2D eigenvalue weighted by Crippen LogP contribution is 2.33. The predicted octanol–water partition coefficient (Wildman–Crippen LogP) is 3.31. The number of aromatic nitrogens is 3. The van der Waals surface area contributed by atoms with Crippen LogP contribution in [0.3, 0.4) is 0 Å². The number of rotatable bonds is 7. The van der Waals surface area contributed by atoms with E-state index in [2.05, 4.69) is 44.3 Å². The number of aryl methyl sites for hydroxylation is 1. The standard InChI is InChI=1S/C22H27ClN6O3S/c1-4-13-18(23)28-19(25-13)20(30)26-14-8-9-29(10-16(14)24-11(2)3)22-27-15-7-5-6-12(21(31)32)17(15)33-22/h5-7,11,14,16,24H,4,8-10H2,1-3H3,(H,25,28)(H,26,30)(H,31,32)/t14-,16-/m0/s1. The summed E-state index contributed by atoms with van der Waals surface area (Å²) in [6, 6.07) is 5.23. The lowest BCUT2D eigenvalue weighted by Gasteiger charge is -2.40. The van der Waals surface area contributed by atoms with Crippen LogP contribution in [-0.4, -0.2) is 63.1 Å². The number of carbonyl (C=O) groups excluding carboxylic acids is 1. The molecule has 0 radical (unpaired) electrons. The lowest BCUT2D eigenvalue weighted by atomic mass is 9.98. The summed E-state index contributed by atoms with van der Waals surface area (Å²) in [7, 11) is 0. The molecular weight excluding hydrogens is 464 g/mol. The van der Waals surface area contributed by atoms with Gasteiger partial charge in [0.05, 0.1) is 21.5 Å². The maximum atomic E-state index is 12.8. The van der Waals surface area contributed by atoms with E-state index in [0.29, 0.717) is 41.3 Å². The second-order valence-corrected chi connectivity index (χ2v) is 9.74. The van der Waals surface area contributed by atoms with Crippen molar-refractivity contribution in [1.29, 1.82) is 0 Å². The topological polar surface area (TPSA) is 123 Å². The summed E-state index contributed by atoms with van der Waals surface area (Å²) >= 11 is 7.48. The van der Waals surface area contributed by atoms with Gasteiger partial charge in [0.1, 0.15) is 0 Å². The van der Waals surface area contributed by atoms with Crippen molar-refractivity contribution in [3.63, 3.8) is 0 Å². The van der Waals surface area contributed by atoms with Crippen LogP contribution in [0, 0.1) is 0 Å². The third kappa shape index (κ3) is 4.97. The number of carboxylic acids is 1. The molecule has 1 aliphatic heterocycles. The van der Waals surface area contributed by atoms with Crippen molar-refractivity contribution in [3.8, 4) is 0 Å². The number of anilines is 1. The molecule has 3 heterocycles. The number of fused-ring (bicyclic) bond motifs is 1. The molecule has 4 rings (SSSR count). The molecular formula is C22H27ClN6O3S. The first-order valence-electron chi connectivity index (χ1n) is 11.0. The van der Waals surface area contributed by atoms with Gasteiger partial charge in [-0.3, -0.25) is 4.79 Å². The average Bonchev–Trinajstić information content (AvgIpc) is 3.37. The number of imidazole rings is 1. The minimum atomic E-state index is -0.958. The van der Waals surface area contributed by atoms with Crippen molar-refractivity contribution in [1.82, 2.24) is 25.6 Å². The van der Waals surface area contributed by atoms with Crippen LogP contribution in [0.25, 0.3) is 10.2 Å². The van der Waals surface area contributed by atoms with Crippen molar-refractivity contribution >= 4 is 50.2 Å². The van der Waals surface area contributed by atoms with Crippen molar-refractivity contribution < 1.29 is 14.7 Å². The largest absolute Gasteiger partial charge is 0.478 e. The number of piperidine rings is 1. The van der Waals surface area contributed by atoms with Gasteiger partial charge in [-0.25, -0.2) is 14.8 Å². The second-order valence-electron chi connectivity index (χ2n) is 8.41. The molecule has 0 aliphatic carbocycles. The molecule has 0 saturated carbocycles. The number of thiazole rings is 1. The maximum Gasteiger partial charge on any atom is 0.337 e. The number of hydrogen-bond donors (Lipinski definition) is 4. The van der Waals surface area contributed by atoms with Gasteiger partial charge in [-0.2, -0.15) is 0 Å². The van der Waals surface area contributed by atoms with Crippen molar-refractivity contribution in [2.24, 2.45) is 0 Å². The second kappa shape index (κ2) is 9.66. The quantitative estimate of drug-likeness (QED) is 0.400. The molecule has 1 saturated heterocycles. The molecule has 0 bridgehead atoms. The molecule has 1 aromatic carbocycles. The summed E-state index contributed by atoms with van der Waals surface area (Å²) < 4.78 is 0.672. The highest BCUT2D eigenvalue weighted by molar-refractivity contribution is 7.22. The summed E-state index contributed by atoms with van der Waals surface area (Å²) in [6.45, 7) is 7.39. The van der Waals surface area contributed by atoms with E-state index in [4.69, 9.17) is 11.6 Å². The molecule has 2 aromatic heterocycles. The molecule has 0 unspecified atom stereocenters. The monoisotopic (exact) mass is 490 g/mol. The van der Waals surface area contributed by atoms with Crippen LogP contribution in [0.15, 0.2) is 18.2 Å². The average molecular weight is 491 g/mol. The Labute approximate surface area is 200 Å². The predicted molar refractivity (Wildman–Crippen MR) is 130 cm³/mol. The minimum absolute atomic E-state index is 0.0234. The van der Waals surface area contributed by atoms with E-state index in [1.54, 1.807) is 12.1 Å². The Kier molecular flexibility index (Phi) is 6.87. The number of amides is 1. The molecule has 2 atom stereocenters. The Morgan fingerprint density at radius 2 is 2.12 bits per heavy atom. The molecule has 4 N–H and O–H groups in total. The fourth-order valence-corrected chi connectivity index (χ4v) is 5.47. The van der Waals surface area contributed by atoms with Crippen LogP contribution in [-0.2, 0) is 6.42 Å². The van der Waals surface area contributed by atoms with E-state index in [1.165, 1.54) is 11.3 Å². The van der Waals surface area contributed by atoms with E-state index in [0.717, 1.165) is 10.8 Å². The SMILES string of the molecule is CCc1[nH]c(C(=O)N[C@H]2CCN(c3nc4cccc(C(=O)O)c4s3)C[C@@H]2NC(C)C)nc1Cl. The lowest BCUT2D eigenvalue weighted by molar-refractivity contribution is 0.0699. The zero-order valence-electron chi connectivity index (χ0n) is 18.7. The Bertz CT molecular complexity index is 1180. The van der Waals surface area contributed by atoms with Gasteiger partial charge in [0.25, 0.3) is 5.91 Å². The zero-order chi connectivity index (χ0) is 23.7. The first-order chi connectivity index (χ1) is 15.8. The number of H-pyrrole nitrogens is 1. The molecule has 176 valence electrons. The summed E-state index contributed by atoms with van der Waals surface area (Å²) in [5.41, 5.74) is 1.68. The first-order valence-corrected chi connectivity index (χ1v) is 12.1. The Balaban J connectivity index is 1.53. The van der Waals surface area contributed by atoms with E-state index >= 15 is 0 Å². The molecule has 1 aliphatic rings. The highest BCUT2D eigenvalue weighted by Gasteiger charge is 2.33. The van der Waals surface area contributed by atoms with Gasteiger partial charge >= 0.3 is 5.97 Å². The number of carbonyl (C=O) groups is 2. The molecule has 11 heteroatoms. The van der Waals surface area contributed by atoms with Crippen LogP contribution in [0.1, 0.15) is 53.9 Å². The third-order valence-corrected chi connectivity index (χ3v) is 7.16. The van der Waals surface area contributed by atoms with Crippen LogP contribution < -0.4 is 15.5 Å².